The SMILES string of the molecule is Cc1cc(CC(=O)N2CC(O)CC2C(=O)NCc2ccc(-c3ncon3)cc2)on1. The van der Waals surface area contributed by atoms with E-state index in [0.717, 1.165) is 11.1 Å². The Morgan fingerprint density at radius 3 is 2.73 bits per heavy atom. The first-order chi connectivity index (χ1) is 14.5. The van der Waals surface area contributed by atoms with Crippen molar-refractivity contribution in [2.75, 3.05) is 6.54 Å². The normalized spacial score (nSPS) is 18.5. The van der Waals surface area contributed by atoms with Gasteiger partial charge in [-0.1, -0.05) is 34.6 Å². The number of likely N-dealkylation sites (tertiary alicyclic amines) is 1. The second kappa shape index (κ2) is 8.46. The van der Waals surface area contributed by atoms with Crippen molar-refractivity contribution in [2.45, 2.75) is 38.5 Å². The van der Waals surface area contributed by atoms with Crippen LogP contribution >= 0.6 is 0 Å². The average Bonchev–Trinajstić information content (AvgIpc) is 3.48. The topological polar surface area (TPSA) is 135 Å². The van der Waals surface area contributed by atoms with E-state index >= 15 is 0 Å². The number of nitrogens with one attached hydrogen (secondary N) is 1. The summed E-state index contributed by atoms with van der Waals surface area (Å²) in [6.45, 7) is 2.17. The minimum atomic E-state index is -0.740. The Morgan fingerprint density at radius 1 is 1.27 bits per heavy atom. The molecule has 0 radical (unpaired) electrons. The van der Waals surface area contributed by atoms with Crippen LogP contribution in [0.15, 0.2) is 45.8 Å². The quantitative estimate of drug-likeness (QED) is 0.610. The summed E-state index contributed by atoms with van der Waals surface area (Å²) in [4.78, 5) is 30.7. The number of aliphatic hydroxyl groups excluding tert-OH is 1. The second-order valence-electron chi connectivity index (χ2n) is 7.23. The van der Waals surface area contributed by atoms with Crippen LogP contribution in [0, 0.1) is 6.92 Å². The molecule has 2 amide bonds. The molecule has 2 aromatic heterocycles. The minimum absolute atomic E-state index is 0.00507. The molecule has 1 aliphatic heterocycles. The van der Waals surface area contributed by atoms with E-state index in [-0.39, 0.29) is 31.2 Å². The minimum Gasteiger partial charge on any atom is -0.391 e. The maximum absolute atomic E-state index is 12.7. The van der Waals surface area contributed by atoms with Gasteiger partial charge in [0.25, 0.3) is 0 Å². The van der Waals surface area contributed by atoms with Crippen molar-refractivity contribution in [3.63, 3.8) is 0 Å². The molecular formula is C20H21N5O5. The van der Waals surface area contributed by atoms with Crippen molar-refractivity contribution >= 4 is 11.8 Å². The average molecular weight is 411 g/mol. The Balaban J connectivity index is 1.36. The molecule has 2 atom stereocenters. The lowest BCUT2D eigenvalue weighted by Gasteiger charge is -2.23. The zero-order valence-electron chi connectivity index (χ0n) is 16.3. The number of aromatic nitrogens is 3. The molecule has 4 rings (SSSR count). The summed E-state index contributed by atoms with van der Waals surface area (Å²) in [5.41, 5.74) is 2.36. The maximum Gasteiger partial charge on any atom is 0.243 e. The number of rotatable bonds is 6. The third kappa shape index (κ3) is 4.38. The van der Waals surface area contributed by atoms with Crippen LogP contribution in [0.4, 0.5) is 0 Å². The van der Waals surface area contributed by atoms with E-state index < -0.39 is 12.1 Å². The Kier molecular flexibility index (Phi) is 5.57. The van der Waals surface area contributed by atoms with Gasteiger partial charge in [-0.2, -0.15) is 4.98 Å². The lowest BCUT2D eigenvalue weighted by Crippen LogP contribution is -2.46. The molecule has 1 saturated heterocycles. The number of carbonyl (C=O) groups excluding carboxylic acids is 2. The molecule has 30 heavy (non-hydrogen) atoms. The molecule has 156 valence electrons. The summed E-state index contributed by atoms with van der Waals surface area (Å²) < 4.78 is 9.82. The Bertz CT molecular complexity index is 1010. The molecule has 10 nitrogen and oxygen atoms in total. The fourth-order valence-electron chi connectivity index (χ4n) is 3.46. The third-order valence-electron chi connectivity index (χ3n) is 4.94. The van der Waals surface area contributed by atoms with Crippen LogP contribution in [0.1, 0.15) is 23.4 Å². The van der Waals surface area contributed by atoms with Gasteiger partial charge in [-0.3, -0.25) is 9.59 Å². The van der Waals surface area contributed by atoms with Gasteiger partial charge in [0, 0.05) is 31.1 Å². The fraction of sp³-hybridized carbons (Fsp3) is 0.350. The van der Waals surface area contributed by atoms with Crippen LogP contribution in [0.5, 0.6) is 0 Å². The van der Waals surface area contributed by atoms with Gasteiger partial charge < -0.3 is 24.4 Å². The van der Waals surface area contributed by atoms with Crippen molar-refractivity contribution in [2.24, 2.45) is 0 Å². The molecular weight excluding hydrogens is 390 g/mol. The zero-order valence-corrected chi connectivity index (χ0v) is 16.3. The lowest BCUT2D eigenvalue weighted by atomic mass is 10.1. The van der Waals surface area contributed by atoms with Crippen LogP contribution in [0.3, 0.4) is 0 Å². The predicted molar refractivity (Wildman–Crippen MR) is 103 cm³/mol. The number of hydrogen-bond acceptors (Lipinski definition) is 8. The van der Waals surface area contributed by atoms with E-state index in [9.17, 15) is 14.7 Å². The summed E-state index contributed by atoms with van der Waals surface area (Å²) in [5, 5.41) is 20.4. The molecule has 2 unspecified atom stereocenters. The van der Waals surface area contributed by atoms with Gasteiger partial charge in [0.05, 0.1) is 18.2 Å². The standard InChI is InChI=1S/C20H21N5O5/c1-12-6-16(30-23-12)8-18(27)25-10-15(26)7-17(25)20(28)21-9-13-2-4-14(5-3-13)19-22-11-29-24-19/h2-6,11,15,17,26H,7-10H2,1H3,(H,21,28). The number of β-amino-alcohol motifs (C(OH)–C–C–N with tert-alkyl or cyclic N) is 1. The fourth-order valence-corrected chi connectivity index (χ4v) is 3.46. The third-order valence-corrected chi connectivity index (χ3v) is 4.94. The summed E-state index contributed by atoms with van der Waals surface area (Å²) >= 11 is 0. The molecule has 2 N–H and O–H groups in total. The highest BCUT2D eigenvalue weighted by Crippen LogP contribution is 2.20. The summed E-state index contributed by atoms with van der Waals surface area (Å²) in [5.74, 6) is 0.324. The van der Waals surface area contributed by atoms with E-state index in [1.165, 1.54) is 11.3 Å². The molecule has 0 saturated carbocycles. The number of benzene rings is 1. The predicted octanol–water partition coefficient (Wildman–Crippen LogP) is 0.854. The van der Waals surface area contributed by atoms with Crippen molar-refractivity contribution < 1.29 is 23.7 Å². The maximum atomic E-state index is 12.7. The van der Waals surface area contributed by atoms with E-state index in [4.69, 9.17) is 9.05 Å². The number of nitrogens with zero attached hydrogens (tertiary/aromatic N) is 4. The Morgan fingerprint density at radius 2 is 2.07 bits per heavy atom. The number of aryl methyl sites for hydroxylation is 1. The molecule has 1 aliphatic rings. The highest BCUT2D eigenvalue weighted by molar-refractivity contribution is 5.89. The highest BCUT2D eigenvalue weighted by Gasteiger charge is 2.38. The second-order valence-corrected chi connectivity index (χ2v) is 7.23. The lowest BCUT2D eigenvalue weighted by molar-refractivity contribution is -0.138. The van der Waals surface area contributed by atoms with Crippen LogP contribution in [0.25, 0.3) is 11.4 Å². The van der Waals surface area contributed by atoms with Crippen LogP contribution in [0.2, 0.25) is 0 Å². The van der Waals surface area contributed by atoms with Crippen molar-refractivity contribution in [3.05, 3.63) is 53.7 Å². The van der Waals surface area contributed by atoms with Gasteiger partial charge in [0.15, 0.2) is 0 Å². The zero-order chi connectivity index (χ0) is 21.1. The van der Waals surface area contributed by atoms with Gasteiger partial charge in [-0.15, -0.1) is 0 Å². The molecule has 0 spiro atoms. The number of amides is 2. The molecule has 1 fully saturated rings. The number of carbonyl (C=O) groups is 2. The van der Waals surface area contributed by atoms with Crippen LogP contribution < -0.4 is 5.32 Å². The van der Waals surface area contributed by atoms with E-state index in [1.54, 1.807) is 13.0 Å². The summed E-state index contributed by atoms with van der Waals surface area (Å²) in [6, 6.07) is 8.32. The van der Waals surface area contributed by atoms with E-state index in [0.29, 0.717) is 23.8 Å². The summed E-state index contributed by atoms with van der Waals surface area (Å²) in [6.07, 6.45) is 0.713. The molecule has 0 aliphatic carbocycles. The first-order valence-corrected chi connectivity index (χ1v) is 9.52. The highest BCUT2D eigenvalue weighted by atomic mass is 16.5. The Labute approximate surface area is 171 Å². The van der Waals surface area contributed by atoms with Gasteiger partial charge in [0.1, 0.15) is 11.8 Å². The van der Waals surface area contributed by atoms with Gasteiger partial charge in [-0.25, -0.2) is 0 Å². The Hall–Kier alpha value is -3.53. The number of aliphatic hydroxyl groups is 1. The van der Waals surface area contributed by atoms with Gasteiger partial charge >= 0.3 is 0 Å². The summed E-state index contributed by atoms with van der Waals surface area (Å²) in [7, 11) is 0. The van der Waals surface area contributed by atoms with E-state index in [1.807, 2.05) is 24.3 Å². The first kappa shape index (κ1) is 19.8. The molecule has 0 bridgehead atoms. The first-order valence-electron chi connectivity index (χ1n) is 9.52. The van der Waals surface area contributed by atoms with Crippen LogP contribution in [-0.2, 0) is 22.6 Å². The number of hydrogen-bond donors (Lipinski definition) is 2. The van der Waals surface area contributed by atoms with Crippen LogP contribution in [-0.4, -0.2) is 55.8 Å². The smallest absolute Gasteiger partial charge is 0.243 e. The monoisotopic (exact) mass is 411 g/mol. The molecule has 3 heterocycles. The van der Waals surface area contributed by atoms with Gasteiger partial charge in [0.2, 0.25) is 24.0 Å². The van der Waals surface area contributed by atoms with Crippen molar-refractivity contribution in [1.82, 2.24) is 25.5 Å². The van der Waals surface area contributed by atoms with Gasteiger partial charge in [-0.05, 0) is 12.5 Å². The molecule has 1 aromatic carbocycles. The van der Waals surface area contributed by atoms with E-state index in [2.05, 4.69) is 20.6 Å². The molecule has 3 aromatic rings. The largest absolute Gasteiger partial charge is 0.391 e. The molecule has 10 heteroatoms. The van der Waals surface area contributed by atoms with Crippen molar-refractivity contribution in [1.29, 1.82) is 0 Å². The van der Waals surface area contributed by atoms with Crippen molar-refractivity contribution in [3.8, 4) is 11.4 Å².